The smallest absolute Gasteiger partial charge is 0.237 e. The Morgan fingerprint density at radius 1 is 0.957 bits per heavy atom. The van der Waals surface area contributed by atoms with E-state index in [2.05, 4.69) is 10.2 Å². The Morgan fingerprint density at radius 3 is 2.52 bits per heavy atom. The zero-order valence-electron chi connectivity index (χ0n) is 14.6. The van der Waals surface area contributed by atoms with E-state index in [-0.39, 0.29) is 11.9 Å². The molecule has 0 bridgehead atoms. The van der Waals surface area contributed by atoms with Crippen molar-refractivity contribution in [2.45, 2.75) is 70.3 Å². The number of amides is 1. The molecule has 132 valence electrons. The van der Waals surface area contributed by atoms with Gasteiger partial charge in [-0.05, 0) is 50.5 Å². The molecule has 0 aromatic carbocycles. The molecule has 0 aromatic rings. The summed E-state index contributed by atoms with van der Waals surface area (Å²) in [5.41, 5.74) is 0. The van der Waals surface area contributed by atoms with Crippen LogP contribution in [0.1, 0.15) is 64.2 Å². The highest BCUT2D eigenvalue weighted by Crippen LogP contribution is 2.26. The van der Waals surface area contributed by atoms with Gasteiger partial charge in [-0.25, -0.2) is 0 Å². The molecule has 1 saturated carbocycles. The summed E-state index contributed by atoms with van der Waals surface area (Å²) in [4.78, 5) is 15.0. The van der Waals surface area contributed by atoms with Gasteiger partial charge in [0.25, 0.3) is 0 Å². The van der Waals surface area contributed by atoms with Crippen molar-refractivity contribution >= 4 is 5.91 Å². The van der Waals surface area contributed by atoms with E-state index in [1.165, 1.54) is 44.9 Å². The van der Waals surface area contributed by atoms with Crippen molar-refractivity contribution in [1.82, 2.24) is 10.2 Å². The Labute approximate surface area is 141 Å². The predicted molar refractivity (Wildman–Crippen MR) is 92.3 cm³/mol. The molecule has 2 heterocycles. The van der Waals surface area contributed by atoms with E-state index in [1.54, 1.807) is 0 Å². The van der Waals surface area contributed by atoms with E-state index >= 15 is 0 Å². The summed E-state index contributed by atoms with van der Waals surface area (Å²) in [6, 6.07) is 0.129. The van der Waals surface area contributed by atoms with Crippen LogP contribution in [0.3, 0.4) is 0 Å². The average molecular weight is 322 g/mol. The van der Waals surface area contributed by atoms with Gasteiger partial charge in [0.2, 0.25) is 5.91 Å². The number of likely N-dealkylation sites (tertiary alicyclic amines) is 1. The lowest BCUT2D eigenvalue weighted by atomic mass is 9.87. The Bertz CT molecular complexity index is 362. The number of carbonyl (C=O) groups excluding carboxylic acids is 1. The third-order valence-electron chi connectivity index (χ3n) is 6.08. The van der Waals surface area contributed by atoms with Crippen molar-refractivity contribution < 1.29 is 9.53 Å². The summed E-state index contributed by atoms with van der Waals surface area (Å²) >= 11 is 0. The maximum absolute atomic E-state index is 12.6. The van der Waals surface area contributed by atoms with Crippen LogP contribution in [-0.2, 0) is 9.53 Å². The highest BCUT2D eigenvalue weighted by Gasteiger charge is 2.32. The number of hydrogen-bond acceptors (Lipinski definition) is 3. The molecule has 0 radical (unpaired) electrons. The van der Waals surface area contributed by atoms with Crippen molar-refractivity contribution in [2.75, 3.05) is 32.8 Å². The van der Waals surface area contributed by atoms with Crippen molar-refractivity contribution in [3.05, 3.63) is 0 Å². The maximum atomic E-state index is 12.6. The zero-order chi connectivity index (χ0) is 15.9. The maximum Gasteiger partial charge on any atom is 0.237 e. The largest absolute Gasteiger partial charge is 0.381 e. The minimum absolute atomic E-state index is 0.129. The molecule has 3 aliphatic rings. The second-order valence-electron chi connectivity index (χ2n) is 7.79. The van der Waals surface area contributed by atoms with Crippen molar-refractivity contribution in [2.24, 2.45) is 11.8 Å². The number of rotatable bonds is 6. The molecule has 3 fully saturated rings. The topological polar surface area (TPSA) is 41.6 Å². The Balaban J connectivity index is 1.38. The predicted octanol–water partition coefficient (Wildman–Crippen LogP) is 2.96. The van der Waals surface area contributed by atoms with E-state index in [4.69, 9.17) is 4.74 Å². The van der Waals surface area contributed by atoms with Gasteiger partial charge in [-0.15, -0.1) is 0 Å². The third kappa shape index (κ3) is 5.18. The Morgan fingerprint density at radius 2 is 1.74 bits per heavy atom. The molecule has 0 aromatic heterocycles. The summed E-state index contributed by atoms with van der Waals surface area (Å²) in [7, 11) is 0. The number of carbonyl (C=O) groups is 1. The minimum atomic E-state index is 0.129. The van der Waals surface area contributed by atoms with Gasteiger partial charge in [0, 0.05) is 26.3 Å². The van der Waals surface area contributed by atoms with E-state index in [0.29, 0.717) is 0 Å². The molecule has 0 spiro atoms. The highest BCUT2D eigenvalue weighted by atomic mass is 16.5. The molecule has 1 aliphatic carbocycles. The van der Waals surface area contributed by atoms with Crippen LogP contribution in [0.5, 0.6) is 0 Å². The SMILES string of the molecule is O=C(NCCC1CCCCC1)[C@@H]1CCCN1CC1CCOCC1. The summed E-state index contributed by atoms with van der Waals surface area (Å²) < 4.78 is 5.45. The van der Waals surface area contributed by atoms with Crippen LogP contribution in [0, 0.1) is 11.8 Å². The Kier molecular flexibility index (Phi) is 6.76. The summed E-state index contributed by atoms with van der Waals surface area (Å²) in [5, 5.41) is 3.23. The number of hydrogen-bond donors (Lipinski definition) is 1. The molecule has 23 heavy (non-hydrogen) atoms. The van der Waals surface area contributed by atoms with Crippen LogP contribution in [0.15, 0.2) is 0 Å². The molecule has 4 heteroatoms. The quantitative estimate of drug-likeness (QED) is 0.817. The summed E-state index contributed by atoms with van der Waals surface area (Å²) in [5.74, 6) is 1.86. The third-order valence-corrected chi connectivity index (χ3v) is 6.08. The van der Waals surface area contributed by atoms with Gasteiger partial charge >= 0.3 is 0 Å². The van der Waals surface area contributed by atoms with Gasteiger partial charge in [0.05, 0.1) is 6.04 Å². The molecule has 2 saturated heterocycles. The van der Waals surface area contributed by atoms with Crippen molar-refractivity contribution in [3.8, 4) is 0 Å². The van der Waals surface area contributed by atoms with Crippen LogP contribution in [0.4, 0.5) is 0 Å². The monoisotopic (exact) mass is 322 g/mol. The minimum Gasteiger partial charge on any atom is -0.381 e. The van der Waals surface area contributed by atoms with Crippen molar-refractivity contribution in [1.29, 1.82) is 0 Å². The first kappa shape index (κ1) is 17.2. The fourth-order valence-corrected chi connectivity index (χ4v) is 4.60. The van der Waals surface area contributed by atoms with Gasteiger partial charge in [0.1, 0.15) is 0 Å². The highest BCUT2D eigenvalue weighted by molar-refractivity contribution is 5.82. The lowest BCUT2D eigenvalue weighted by Gasteiger charge is -2.30. The number of nitrogens with one attached hydrogen (secondary N) is 1. The lowest BCUT2D eigenvalue weighted by molar-refractivity contribution is -0.125. The molecule has 1 amide bonds. The molecule has 2 aliphatic heterocycles. The fraction of sp³-hybridized carbons (Fsp3) is 0.947. The second kappa shape index (κ2) is 9.03. The molecule has 1 atom stereocenters. The Hall–Kier alpha value is -0.610. The van der Waals surface area contributed by atoms with Gasteiger partial charge in [-0.2, -0.15) is 0 Å². The molecule has 0 unspecified atom stereocenters. The van der Waals surface area contributed by atoms with Gasteiger partial charge in [-0.3, -0.25) is 9.69 Å². The van der Waals surface area contributed by atoms with Crippen molar-refractivity contribution in [3.63, 3.8) is 0 Å². The normalized spacial score (nSPS) is 28.1. The average Bonchev–Trinajstić information content (AvgIpc) is 3.05. The van der Waals surface area contributed by atoms with E-state index in [9.17, 15) is 4.79 Å². The van der Waals surface area contributed by atoms with Crippen LogP contribution in [-0.4, -0.2) is 49.7 Å². The molecular formula is C19H34N2O2. The van der Waals surface area contributed by atoms with Crippen LogP contribution < -0.4 is 5.32 Å². The second-order valence-corrected chi connectivity index (χ2v) is 7.79. The number of ether oxygens (including phenoxy) is 1. The zero-order valence-corrected chi connectivity index (χ0v) is 14.6. The molecule has 3 rings (SSSR count). The van der Waals surface area contributed by atoms with Gasteiger partial charge in [0.15, 0.2) is 0 Å². The first-order valence-electron chi connectivity index (χ1n) is 9.92. The van der Waals surface area contributed by atoms with E-state index < -0.39 is 0 Å². The van der Waals surface area contributed by atoms with Gasteiger partial charge < -0.3 is 10.1 Å². The number of nitrogens with zero attached hydrogens (tertiary/aromatic N) is 1. The molecule has 1 N–H and O–H groups in total. The summed E-state index contributed by atoms with van der Waals surface area (Å²) in [6.45, 7) is 4.86. The van der Waals surface area contributed by atoms with E-state index in [0.717, 1.165) is 63.9 Å². The van der Waals surface area contributed by atoms with E-state index in [1.807, 2.05) is 0 Å². The van der Waals surface area contributed by atoms with Crippen LogP contribution in [0.2, 0.25) is 0 Å². The lowest BCUT2D eigenvalue weighted by Crippen LogP contribution is -2.45. The summed E-state index contributed by atoms with van der Waals surface area (Å²) in [6.07, 6.45) is 12.6. The molecular weight excluding hydrogens is 288 g/mol. The molecule has 4 nitrogen and oxygen atoms in total. The standard InChI is InChI=1S/C19H34N2O2/c22-19(20-11-8-16-5-2-1-3-6-16)18-7-4-12-21(18)15-17-9-13-23-14-10-17/h16-18H,1-15H2,(H,20,22)/t18-/m0/s1. The van der Waals surface area contributed by atoms with Gasteiger partial charge in [-0.1, -0.05) is 32.1 Å². The van der Waals surface area contributed by atoms with Crippen LogP contribution in [0.25, 0.3) is 0 Å². The van der Waals surface area contributed by atoms with Crippen LogP contribution >= 0.6 is 0 Å². The first-order valence-corrected chi connectivity index (χ1v) is 9.92. The fourth-order valence-electron chi connectivity index (χ4n) is 4.60. The first-order chi connectivity index (χ1) is 11.3.